The van der Waals surface area contributed by atoms with E-state index in [1.165, 1.54) is 4.88 Å². The van der Waals surface area contributed by atoms with Gasteiger partial charge in [0.05, 0.1) is 16.9 Å². The minimum atomic E-state index is -0.0475. The van der Waals surface area contributed by atoms with Gasteiger partial charge in [0.1, 0.15) is 5.01 Å². The highest BCUT2D eigenvalue weighted by molar-refractivity contribution is 7.15. The maximum Gasteiger partial charge on any atom is 0.227 e. The van der Waals surface area contributed by atoms with Crippen molar-refractivity contribution >= 4 is 33.8 Å². The Hall–Kier alpha value is -3.12. The Bertz CT molecular complexity index is 1150. The van der Waals surface area contributed by atoms with Gasteiger partial charge in [-0.1, -0.05) is 18.2 Å². The Morgan fingerprint density at radius 1 is 1.11 bits per heavy atom. The van der Waals surface area contributed by atoms with Crippen LogP contribution in [0, 0.1) is 5.92 Å². The minimum Gasteiger partial charge on any atom is -0.324 e. The SMILES string of the molecule is O=C(Nc1cccc2cccnc12)C1CCc2nc(-c3cccnc3)sc2C1. The van der Waals surface area contributed by atoms with E-state index in [0.29, 0.717) is 0 Å². The third kappa shape index (κ3) is 3.16. The van der Waals surface area contributed by atoms with Crippen molar-refractivity contribution in [3.8, 4) is 10.6 Å². The number of anilines is 1. The second-order valence-electron chi connectivity index (χ2n) is 6.94. The molecule has 1 aromatic carbocycles. The highest BCUT2D eigenvalue weighted by Crippen LogP contribution is 2.35. The number of carbonyl (C=O) groups excluding carboxylic acids is 1. The first-order chi connectivity index (χ1) is 13.8. The second-order valence-corrected chi connectivity index (χ2v) is 8.02. The molecule has 1 unspecified atom stereocenters. The lowest BCUT2D eigenvalue weighted by atomic mass is 9.90. The molecule has 0 radical (unpaired) electrons. The van der Waals surface area contributed by atoms with Crippen LogP contribution < -0.4 is 5.32 Å². The van der Waals surface area contributed by atoms with Gasteiger partial charge in [0, 0.05) is 40.3 Å². The first kappa shape index (κ1) is 17.0. The fraction of sp³-hybridized carbons (Fsp3) is 0.182. The number of benzene rings is 1. The van der Waals surface area contributed by atoms with Gasteiger partial charge in [0.15, 0.2) is 0 Å². The quantitative estimate of drug-likeness (QED) is 0.563. The van der Waals surface area contributed by atoms with Gasteiger partial charge in [0.25, 0.3) is 0 Å². The van der Waals surface area contributed by atoms with Crippen LogP contribution in [0.5, 0.6) is 0 Å². The van der Waals surface area contributed by atoms with E-state index in [2.05, 4.69) is 15.3 Å². The van der Waals surface area contributed by atoms with Gasteiger partial charge in [-0.05, 0) is 43.5 Å². The van der Waals surface area contributed by atoms with E-state index in [1.807, 2.05) is 48.7 Å². The second kappa shape index (κ2) is 7.13. The van der Waals surface area contributed by atoms with E-state index in [1.54, 1.807) is 23.7 Å². The van der Waals surface area contributed by atoms with E-state index in [4.69, 9.17) is 4.98 Å². The fourth-order valence-electron chi connectivity index (χ4n) is 3.65. The molecule has 1 aliphatic carbocycles. The van der Waals surface area contributed by atoms with Crippen LogP contribution in [0.1, 0.15) is 17.0 Å². The monoisotopic (exact) mass is 386 g/mol. The van der Waals surface area contributed by atoms with E-state index < -0.39 is 0 Å². The smallest absolute Gasteiger partial charge is 0.227 e. The van der Waals surface area contributed by atoms with Crippen molar-refractivity contribution in [1.82, 2.24) is 15.0 Å². The standard InChI is InChI=1S/C22H18N4OS/c27-21(25-18-7-1-4-14-5-3-11-24-20(14)18)15-8-9-17-19(12-15)28-22(26-17)16-6-2-10-23-13-16/h1-7,10-11,13,15H,8-9,12H2,(H,25,27). The molecule has 28 heavy (non-hydrogen) atoms. The lowest BCUT2D eigenvalue weighted by Crippen LogP contribution is -2.27. The van der Waals surface area contributed by atoms with Crippen molar-refractivity contribution in [2.24, 2.45) is 5.92 Å². The topological polar surface area (TPSA) is 67.8 Å². The van der Waals surface area contributed by atoms with Crippen molar-refractivity contribution < 1.29 is 4.79 Å². The molecule has 1 aliphatic rings. The lowest BCUT2D eigenvalue weighted by molar-refractivity contribution is -0.120. The zero-order chi connectivity index (χ0) is 18.9. The first-order valence-corrected chi connectivity index (χ1v) is 10.1. The van der Waals surface area contributed by atoms with Crippen molar-refractivity contribution in [2.75, 3.05) is 5.32 Å². The van der Waals surface area contributed by atoms with Gasteiger partial charge in [-0.3, -0.25) is 14.8 Å². The summed E-state index contributed by atoms with van der Waals surface area (Å²) in [6.07, 6.45) is 7.73. The largest absolute Gasteiger partial charge is 0.324 e. The highest BCUT2D eigenvalue weighted by atomic mass is 32.1. The number of pyridine rings is 2. The summed E-state index contributed by atoms with van der Waals surface area (Å²) in [5, 5.41) is 5.10. The van der Waals surface area contributed by atoms with Crippen molar-refractivity contribution in [3.63, 3.8) is 0 Å². The van der Waals surface area contributed by atoms with E-state index in [9.17, 15) is 4.79 Å². The summed E-state index contributed by atoms with van der Waals surface area (Å²) in [4.78, 5) is 27.5. The van der Waals surface area contributed by atoms with Crippen molar-refractivity contribution in [2.45, 2.75) is 19.3 Å². The number of nitrogens with zero attached hydrogens (tertiary/aromatic N) is 3. The van der Waals surface area contributed by atoms with Gasteiger partial charge in [0.2, 0.25) is 5.91 Å². The van der Waals surface area contributed by atoms with Gasteiger partial charge >= 0.3 is 0 Å². The summed E-state index contributed by atoms with van der Waals surface area (Å²) in [6, 6.07) is 13.7. The summed E-state index contributed by atoms with van der Waals surface area (Å²) in [6.45, 7) is 0. The Morgan fingerprint density at radius 2 is 2.00 bits per heavy atom. The molecule has 1 atom stereocenters. The maximum atomic E-state index is 12.9. The number of amides is 1. The molecule has 3 heterocycles. The molecular formula is C22H18N4OS. The molecule has 4 aromatic rings. The molecule has 1 N–H and O–H groups in total. The molecule has 0 saturated heterocycles. The first-order valence-electron chi connectivity index (χ1n) is 9.31. The lowest BCUT2D eigenvalue weighted by Gasteiger charge is -2.20. The van der Waals surface area contributed by atoms with Crippen LogP contribution >= 0.6 is 11.3 Å². The van der Waals surface area contributed by atoms with Gasteiger partial charge in [-0.25, -0.2) is 4.98 Å². The van der Waals surface area contributed by atoms with Crippen LogP contribution in [0.25, 0.3) is 21.5 Å². The number of nitrogens with one attached hydrogen (secondary N) is 1. The fourth-order valence-corrected chi connectivity index (χ4v) is 4.83. The average molecular weight is 386 g/mol. The van der Waals surface area contributed by atoms with Gasteiger partial charge in [-0.15, -0.1) is 11.3 Å². The van der Waals surface area contributed by atoms with Crippen LogP contribution in [-0.4, -0.2) is 20.9 Å². The molecular weight excluding hydrogens is 368 g/mol. The molecule has 5 rings (SSSR count). The van der Waals surface area contributed by atoms with E-state index in [-0.39, 0.29) is 11.8 Å². The minimum absolute atomic E-state index is 0.0475. The maximum absolute atomic E-state index is 12.9. The van der Waals surface area contributed by atoms with E-state index in [0.717, 1.165) is 52.1 Å². The molecule has 0 aliphatic heterocycles. The molecule has 138 valence electrons. The number of rotatable bonds is 3. The number of para-hydroxylation sites is 1. The highest BCUT2D eigenvalue weighted by Gasteiger charge is 2.28. The van der Waals surface area contributed by atoms with E-state index >= 15 is 0 Å². The van der Waals surface area contributed by atoms with Gasteiger partial charge < -0.3 is 5.32 Å². The molecule has 1 amide bonds. The number of thiazole rings is 1. The molecule has 3 aromatic heterocycles. The molecule has 0 spiro atoms. The number of hydrogen-bond donors (Lipinski definition) is 1. The average Bonchev–Trinajstić information content (AvgIpc) is 3.18. The zero-order valence-corrected chi connectivity index (χ0v) is 15.9. The summed E-state index contributed by atoms with van der Waals surface area (Å²) < 4.78 is 0. The van der Waals surface area contributed by atoms with Gasteiger partial charge in [-0.2, -0.15) is 0 Å². The number of hydrogen-bond acceptors (Lipinski definition) is 5. The van der Waals surface area contributed by atoms with Crippen LogP contribution in [-0.2, 0) is 17.6 Å². The Balaban J connectivity index is 1.36. The van der Waals surface area contributed by atoms with Crippen LogP contribution in [0.15, 0.2) is 61.1 Å². The van der Waals surface area contributed by atoms with Crippen LogP contribution in [0.3, 0.4) is 0 Å². The summed E-state index contributed by atoms with van der Waals surface area (Å²) >= 11 is 1.67. The Kier molecular flexibility index (Phi) is 4.33. The predicted molar refractivity (Wildman–Crippen MR) is 111 cm³/mol. The molecule has 0 fully saturated rings. The molecule has 0 bridgehead atoms. The number of aromatic nitrogens is 3. The van der Waals surface area contributed by atoms with Crippen LogP contribution in [0.4, 0.5) is 5.69 Å². The Labute approximate surface area is 166 Å². The third-order valence-electron chi connectivity index (χ3n) is 5.11. The molecule has 0 saturated carbocycles. The number of aryl methyl sites for hydroxylation is 1. The summed E-state index contributed by atoms with van der Waals surface area (Å²) in [5.74, 6) is 0.00815. The summed E-state index contributed by atoms with van der Waals surface area (Å²) in [5.41, 5.74) is 3.75. The normalized spacial score (nSPS) is 15.9. The zero-order valence-electron chi connectivity index (χ0n) is 15.1. The third-order valence-corrected chi connectivity index (χ3v) is 6.28. The molecule has 6 heteroatoms. The number of carbonyl (C=O) groups is 1. The van der Waals surface area contributed by atoms with Crippen molar-refractivity contribution in [1.29, 1.82) is 0 Å². The predicted octanol–water partition coefficient (Wildman–Crippen LogP) is 4.50. The number of fused-ring (bicyclic) bond motifs is 2. The molecule has 5 nitrogen and oxygen atoms in total. The van der Waals surface area contributed by atoms with Crippen LogP contribution in [0.2, 0.25) is 0 Å². The summed E-state index contributed by atoms with van der Waals surface area (Å²) in [7, 11) is 0. The van der Waals surface area contributed by atoms with Crippen molar-refractivity contribution in [3.05, 3.63) is 71.6 Å². The Morgan fingerprint density at radius 3 is 2.89 bits per heavy atom.